The quantitative estimate of drug-likeness (QED) is 0.914. The van der Waals surface area contributed by atoms with Crippen molar-refractivity contribution in [3.63, 3.8) is 0 Å². The number of imidazole rings is 1. The van der Waals surface area contributed by atoms with Gasteiger partial charge in [-0.3, -0.25) is 0 Å². The SMILES string of the molecule is FC(F)(F)c1nsc(NCCn2ccnc2)n1. The van der Waals surface area contributed by atoms with E-state index in [1.807, 2.05) is 0 Å². The first kappa shape index (κ1) is 11.8. The first-order valence-electron chi connectivity index (χ1n) is 4.66. The van der Waals surface area contributed by atoms with Crippen LogP contribution in [0.4, 0.5) is 18.3 Å². The number of aromatic nitrogens is 4. The third kappa shape index (κ3) is 3.16. The fraction of sp³-hybridized carbons (Fsp3) is 0.375. The number of nitrogens with zero attached hydrogens (tertiary/aromatic N) is 4. The Morgan fingerprint density at radius 2 is 2.24 bits per heavy atom. The molecule has 0 bridgehead atoms. The van der Waals surface area contributed by atoms with Crippen LogP contribution in [0.15, 0.2) is 18.7 Å². The van der Waals surface area contributed by atoms with E-state index in [0.29, 0.717) is 24.6 Å². The van der Waals surface area contributed by atoms with E-state index in [1.54, 1.807) is 23.3 Å². The van der Waals surface area contributed by atoms with Crippen molar-refractivity contribution in [3.8, 4) is 0 Å². The Balaban J connectivity index is 1.85. The second-order valence-electron chi connectivity index (χ2n) is 3.15. The second-order valence-corrected chi connectivity index (χ2v) is 3.90. The van der Waals surface area contributed by atoms with Crippen LogP contribution in [0.5, 0.6) is 0 Å². The van der Waals surface area contributed by atoms with E-state index in [9.17, 15) is 13.2 Å². The van der Waals surface area contributed by atoms with Crippen LogP contribution < -0.4 is 5.32 Å². The zero-order valence-electron chi connectivity index (χ0n) is 8.48. The molecule has 2 rings (SSSR count). The smallest absolute Gasteiger partial charge is 0.358 e. The number of rotatable bonds is 4. The molecule has 0 aliphatic carbocycles. The summed E-state index contributed by atoms with van der Waals surface area (Å²) in [6.07, 6.45) is 0.541. The van der Waals surface area contributed by atoms with Gasteiger partial charge in [0.05, 0.1) is 6.33 Å². The van der Waals surface area contributed by atoms with E-state index >= 15 is 0 Å². The van der Waals surface area contributed by atoms with Gasteiger partial charge in [-0.1, -0.05) is 0 Å². The number of hydrogen-bond acceptors (Lipinski definition) is 5. The molecular weight excluding hydrogens is 255 g/mol. The molecule has 92 valence electrons. The van der Waals surface area contributed by atoms with Gasteiger partial charge >= 0.3 is 6.18 Å². The maximum Gasteiger partial charge on any atom is 0.452 e. The minimum absolute atomic E-state index is 0.164. The van der Waals surface area contributed by atoms with Crippen LogP contribution in [0.2, 0.25) is 0 Å². The molecule has 2 aromatic rings. The molecule has 0 fully saturated rings. The van der Waals surface area contributed by atoms with Gasteiger partial charge in [-0.2, -0.15) is 22.5 Å². The highest BCUT2D eigenvalue weighted by Gasteiger charge is 2.36. The summed E-state index contributed by atoms with van der Waals surface area (Å²) in [6, 6.07) is 0. The van der Waals surface area contributed by atoms with E-state index in [0.717, 1.165) is 0 Å². The van der Waals surface area contributed by atoms with Crippen molar-refractivity contribution in [3.05, 3.63) is 24.5 Å². The zero-order chi connectivity index (χ0) is 12.3. The van der Waals surface area contributed by atoms with Gasteiger partial charge in [-0.25, -0.2) is 4.98 Å². The molecule has 0 aliphatic rings. The molecule has 1 N–H and O–H groups in total. The highest BCUT2D eigenvalue weighted by Crippen LogP contribution is 2.28. The standard InChI is InChI=1S/C8H8F3N5S/c9-8(10,11)6-14-7(17-15-6)13-2-4-16-3-1-12-5-16/h1,3,5H,2,4H2,(H,13,14,15). The topological polar surface area (TPSA) is 55.6 Å². The van der Waals surface area contributed by atoms with Crippen molar-refractivity contribution in [2.45, 2.75) is 12.7 Å². The Kier molecular flexibility index (Phi) is 3.27. The van der Waals surface area contributed by atoms with Crippen LogP contribution in [-0.2, 0) is 12.7 Å². The summed E-state index contributed by atoms with van der Waals surface area (Å²) in [5.74, 6) is -1.10. The molecule has 17 heavy (non-hydrogen) atoms. The van der Waals surface area contributed by atoms with Crippen LogP contribution in [0.3, 0.4) is 0 Å². The third-order valence-corrected chi connectivity index (χ3v) is 2.56. The van der Waals surface area contributed by atoms with E-state index in [2.05, 4.69) is 19.7 Å². The minimum Gasteiger partial charge on any atom is -0.358 e. The van der Waals surface area contributed by atoms with E-state index < -0.39 is 12.0 Å². The molecule has 0 spiro atoms. The van der Waals surface area contributed by atoms with Gasteiger partial charge in [0.1, 0.15) is 0 Å². The Hall–Kier alpha value is -1.64. The maximum absolute atomic E-state index is 12.2. The summed E-state index contributed by atoms with van der Waals surface area (Å²) in [7, 11) is 0. The molecule has 0 atom stereocenters. The fourth-order valence-electron chi connectivity index (χ4n) is 1.12. The van der Waals surface area contributed by atoms with Gasteiger partial charge in [0.2, 0.25) is 11.0 Å². The highest BCUT2D eigenvalue weighted by atomic mass is 32.1. The lowest BCUT2D eigenvalue weighted by Gasteiger charge is -2.02. The number of alkyl halides is 3. The van der Waals surface area contributed by atoms with Crippen LogP contribution in [0.25, 0.3) is 0 Å². The summed E-state index contributed by atoms with van der Waals surface area (Å²) in [5.41, 5.74) is 0. The number of halogens is 3. The maximum atomic E-state index is 12.2. The molecule has 0 unspecified atom stereocenters. The molecule has 0 saturated carbocycles. The molecule has 0 aliphatic heterocycles. The van der Waals surface area contributed by atoms with E-state index in [1.165, 1.54) is 0 Å². The number of hydrogen-bond donors (Lipinski definition) is 1. The lowest BCUT2D eigenvalue weighted by atomic mass is 10.6. The summed E-state index contributed by atoms with van der Waals surface area (Å²) in [4.78, 5) is 7.19. The Morgan fingerprint density at radius 3 is 2.82 bits per heavy atom. The predicted octanol–water partition coefficient (Wildman–Crippen LogP) is 1.87. The monoisotopic (exact) mass is 263 g/mol. The molecule has 2 aromatic heterocycles. The molecular formula is C8H8F3N5S. The summed E-state index contributed by atoms with van der Waals surface area (Å²) < 4.78 is 41.6. The lowest BCUT2D eigenvalue weighted by Crippen LogP contribution is -2.10. The fourth-order valence-corrected chi connectivity index (χ4v) is 1.73. The van der Waals surface area contributed by atoms with E-state index in [-0.39, 0.29) is 5.13 Å². The molecule has 5 nitrogen and oxygen atoms in total. The van der Waals surface area contributed by atoms with Crippen molar-refractivity contribution in [2.75, 3.05) is 11.9 Å². The van der Waals surface area contributed by atoms with Crippen LogP contribution in [0, 0.1) is 0 Å². The molecule has 2 heterocycles. The van der Waals surface area contributed by atoms with E-state index in [4.69, 9.17) is 0 Å². The summed E-state index contributed by atoms with van der Waals surface area (Å²) in [5, 5.41) is 2.94. The van der Waals surface area contributed by atoms with Gasteiger partial charge < -0.3 is 9.88 Å². The van der Waals surface area contributed by atoms with Crippen LogP contribution in [-0.4, -0.2) is 25.5 Å². The molecule has 0 aromatic carbocycles. The van der Waals surface area contributed by atoms with Crippen molar-refractivity contribution in [2.24, 2.45) is 0 Å². The second kappa shape index (κ2) is 4.70. The Labute approximate surface area is 98.5 Å². The van der Waals surface area contributed by atoms with Crippen molar-refractivity contribution in [1.82, 2.24) is 18.9 Å². The summed E-state index contributed by atoms with van der Waals surface area (Å²) in [6.45, 7) is 1.06. The first-order chi connectivity index (χ1) is 8.05. The Bertz CT molecular complexity index is 464. The van der Waals surface area contributed by atoms with Gasteiger partial charge in [0, 0.05) is 37.0 Å². The van der Waals surface area contributed by atoms with Gasteiger partial charge in [0.15, 0.2) is 0 Å². The van der Waals surface area contributed by atoms with Crippen LogP contribution in [0.1, 0.15) is 5.82 Å². The summed E-state index contributed by atoms with van der Waals surface area (Å²) >= 11 is 0.697. The molecule has 0 radical (unpaired) electrons. The van der Waals surface area contributed by atoms with Crippen molar-refractivity contribution in [1.29, 1.82) is 0 Å². The molecule has 0 amide bonds. The van der Waals surface area contributed by atoms with Gasteiger partial charge in [-0.15, -0.1) is 0 Å². The molecule has 0 saturated heterocycles. The Morgan fingerprint density at radius 1 is 1.41 bits per heavy atom. The average molecular weight is 263 g/mol. The van der Waals surface area contributed by atoms with Gasteiger partial charge in [-0.05, 0) is 0 Å². The highest BCUT2D eigenvalue weighted by molar-refractivity contribution is 7.09. The number of nitrogens with one attached hydrogen (secondary N) is 1. The van der Waals surface area contributed by atoms with Crippen molar-refractivity contribution < 1.29 is 13.2 Å². The number of anilines is 1. The zero-order valence-corrected chi connectivity index (χ0v) is 9.29. The normalized spacial score (nSPS) is 11.7. The molecule has 9 heteroatoms. The van der Waals surface area contributed by atoms with Gasteiger partial charge in [0.25, 0.3) is 0 Å². The first-order valence-corrected chi connectivity index (χ1v) is 5.43. The largest absolute Gasteiger partial charge is 0.452 e. The predicted molar refractivity (Wildman–Crippen MR) is 55.6 cm³/mol. The average Bonchev–Trinajstić information content (AvgIpc) is 2.86. The lowest BCUT2D eigenvalue weighted by molar-refractivity contribution is -0.144. The van der Waals surface area contributed by atoms with Crippen LogP contribution >= 0.6 is 11.5 Å². The van der Waals surface area contributed by atoms with Crippen molar-refractivity contribution >= 4 is 16.7 Å². The minimum atomic E-state index is -4.49. The third-order valence-electron chi connectivity index (χ3n) is 1.88.